The first-order valence-electron chi connectivity index (χ1n) is 9.11. The van der Waals surface area contributed by atoms with Gasteiger partial charge in [-0.15, -0.1) is 0 Å². The van der Waals surface area contributed by atoms with Gasteiger partial charge in [-0.1, -0.05) is 5.16 Å². The van der Waals surface area contributed by atoms with Crippen molar-refractivity contribution in [1.29, 1.82) is 0 Å². The molecule has 0 N–H and O–H groups in total. The van der Waals surface area contributed by atoms with Crippen LogP contribution in [-0.4, -0.2) is 51.8 Å². The van der Waals surface area contributed by atoms with Crippen molar-refractivity contribution in [3.05, 3.63) is 39.7 Å². The molecular formula is C18H23N5O3S2. The smallest absolute Gasteiger partial charge is 0.241 e. The summed E-state index contributed by atoms with van der Waals surface area (Å²) in [7, 11) is -0.951. The van der Waals surface area contributed by atoms with Crippen LogP contribution in [-0.2, 0) is 22.9 Å². The van der Waals surface area contributed by atoms with Crippen LogP contribution in [0.4, 0.5) is 0 Å². The second-order valence-electron chi connectivity index (χ2n) is 7.35. The molecule has 0 radical (unpaired) electrons. The standard InChI is InChI=1S/C18H23N5O3S2/c1-12-16(13(2)23(20-12)15-5-7-28(24,25)11-15)8-22(3)9-17-19-18(21-26-17)14-4-6-27-10-14/h4,6,10,15H,5,7-9,11H2,1-3H3/t15-/m0/s1. The largest absolute Gasteiger partial charge is 0.338 e. The molecule has 8 nitrogen and oxygen atoms in total. The van der Waals surface area contributed by atoms with E-state index in [0.29, 0.717) is 31.2 Å². The van der Waals surface area contributed by atoms with Crippen LogP contribution in [0, 0.1) is 13.8 Å². The second-order valence-corrected chi connectivity index (χ2v) is 10.4. The van der Waals surface area contributed by atoms with Crippen LogP contribution in [0.3, 0.4) is 0 Å². The molecule has 0 amide bonds. The zero-order valence-corrected chi connectivity index (χ0v) is 17.8. The number of sulfone groups is 1. The Kier molecular flexibility index (Phi) is 5.11. The number of thiophene rings is 1. The molecule has 0 unspecified atom stereocenters. The van der Waals surface area contributed by atoms with E-state index in [1.54, 1.807) is 11.3 Å². The average molecular weight is 422 g/mol. The summed E-state index contributed by atoms with van der Waals surface area (Å²) in [5.41, 5.74) is 4.03. The maximum absolute atomic E-state index is 11.8. The van der Waals surface area contributed by atoms with Gasteiger partial charge in [0.05, 0.1) is 29.8 Å². The highest BCUT2D eigenvalue weighted by molar-refractivity contribution is 7.91. The van der Waals surface area contributed by atoms with E-state index in [4.69, 9.17) is 4.52 Å². The zero-order valence-electron chi connectivity index (χ0n) is 16.1. The summed E-state index contributed by atoms with van der Waals surface area (Å²) in [5.74, 6) is 1.59. The fourth-order valence-electron chi connectivity index (χ4n) is 3.63. The predicted molar refractivity (Wildman–Crippen MR) is 107 cm³/mol. The van der Waals surface area contributed by atoms with Crippen molar-refractivity contribution in [2.75, 3.05) is 18.6 Å². The molecule has 1 aliphatic heterocycles. The molecule has 0 bridgehead atoms. The molecule has 3 aromatic heterocycles. The van der Waals surface area contributed by atoms with Crippen LogP contribution in [0.25, 0.3) is 11.4 Å². The minimum Gasteiger partial charge on any atom is -0.338 e. The third-order valence-electron chi connectivity index (χ3n) is 5.11. The molecule has 0 aliphatic carbocycles. The van der Waals surface area contributed by atoms with E-state index in [9.17, 15) is 8.42 Å². The third kappa shape index (κ3) is 3.89. The molecule has 1 fully saturated rings. The first kappa shape index (κ1) is 19.3. The lowest BCUT2D eigenvalue weighted by atomic mass is 10.1. The van der Waals surface area contributed by atoms with Crippen molar-refractivity contribution in [2.24, 2.45) is 0 Å². The first-order chi connectivity index (χ1) is 13.3. The Morgan fingerprint density at radius 2 is 2.18 bits per heavy atom. The average Bonchev–Trinajstić information content (AvgIpc) is 3.39. The monoisotopic (exact) mass is 421 g/mol. The molecule has 1 saturated heterocycles. The molecule has 0 spiro atoms. The normalized spacial score (nSPS) is 18.9. The van der Waals surface area contributed by atoms with Crippen LogP contribution in [0.2, 0.25) is 0 Å². The summed E-state index contributed by atoms with van der Waals surface area (Å²) in [6.07, 6.45) is 0.632. The number of aryl methyl sites for hydroxylation is 1. The quantitative estimate of drug-likeness (QED) is 0.604. The summed E-state index contributed by atoms with van der Waals surface area (Å²) in [6, 6.07) is 1.90. The van der Waals surface area contributed by atoms with Gasteiger partial charge >= 0.3 is 0 Å². The molecule has 0 aromatic carbocycles. The molecule has 10 heteroatoms. The summed E-state index contributed by atoms with van der Waals surface area (Å²) < 4.78 is 30.9. The van der Waals surface area contributed by atoms with E-state index in [1.807, 2.05) is 42.4 Å². The molecule has 1 atom stereocenters. The lowest BCUT2D eigenvalue weighted by Crippen LogP contribution is -2.19. The highest BCUT2D eigenvalue weighted by atomic mass is 32.2. The van der Waals surface area contributed by atoms with Gasteiger partial charge in [0.25, 0.3) is 0 Å². The number of aromatic nitrogens is 4. The summed E-state index contributed by atoms with van der Waals surface area (Å²) in [4.78, 5) is 6.56. The summed E-state index contributed by atoms with van der Waals surface area (Å²) in [5, 5.41) is 12.6. The van der Waals surface area contributed by atoms with E-state index in [0.717, 1.165) is 22.5 Å². The molecule has 4 rings (SSSR count). The predicted octanol–water partition coefficient (Wildman–Crippen LogP) is 2.60. The zero-order chi connectivity index (χ0) is 19.9. The third-order valence-corrected chi connectivity index (χ3v) is 7.54. The van der Waals surface area contributed by atoms with Gasteiger partial charge in [-0.3, -0.25) is 9.58 Å². The summed E-state index contributed by atoms with van der Waals surface area (Å²) >= 11 is 1.60. The lowest BCUT2D eigenvalue weighted by molar-refractivity contribution is 0.260. The van der Waals surface area contributed by atoms with Gasteiger partial charge in [0.2, 0.25) is 11.7 Å². The van der Waals surface area contributed by atoms with Gasteiger partial charge in [0.15, 0.2) is 9.84 Å². The minimum atomic E-state index is -2.94. The van der Waals surface area contributed by atoms with E-state index in [2.05, 4.69) is 20.1 Å². The number of rotatable bonds is 6. The van der Waals surface area contributed by atoms with E-state index in [1.165, 1.54) is 0 Å². The van der Waals surface area contributed by atoms with E-state index < -0.39 is 9.84 Å². The van der Waals surface area contributed by atoms with Crippen molar-refractivity contribution >= 4 is 21.2 Å². The van der Waals surface area contributed by atoms with Crippen LogP contribution < -0.4 is 0 Å². The van der Waals surface area contributed by atoms with Gasteiger partial charge in [-0.2, -0.15) is 21.4 Å². The van der Waals surface area contributed by atoms with Crippen LogP contribution >= 0.6 is 11.3 Å². The van der Waals surface area contributed by atoms with Crippen LogP contribution in [0.5, 0.6) is 0 Å². The van der Waals surface area contributed by atoms with E-state index in [-0.39, 0.29) is 17.5 Å². The van der Waals surface area contributed by atoms with Crippen molar-refractivity contribution in [3.63, 3.8) is 0 Å². The van der Waals surface area contributed by atoms with Gasteiger partial charge in [0, 0.05) is 28.7 Å². The van der Waals surface area contributed by atoms with Gasteiger partial charge < -0.3 is 4.52 Å². The molecular weight excluding hydrogens is 398 g/mol. The molecule has 3 aromatic rings. The Bertz CT molecular complexity index is 1070. The van der Waals surface area contributed by atoms with Gasteiger partial charge in [-0.25, -0.2) is 8.42 Å². The Hall–Kier alpha value is -2.04. The van der Waals surface area contributed by atoms with Crippen LogP contribution in [0.1, 0.15) is 35.3 Å². The summed E-state index contributed by atoms with van der Waals surface area (Å²) in [6.45, 7) is 5.18. The Morgan fingerprint density at radius 3 is 2.86 bits per heavy atom. The molecule has 1 aliphatic rings. The Balaban J connectivity index is 1.45. The molecule has 4 heterocycles. The second kappa shape index (κ2) is 7.41. The molecule has 0 saturated carbocycles. The number of nitrogens with zero attached hydrogens (tertiary/aromatic N) is 5. The molecule has 150 valence electrons. The van der Waals surface area contributed by atoms with E-state index >= 15 is 0 Å². The fraction of sp³-hybridized carbons (Fsp3) is 0.500. The van der Waals surface area contributed by atoms with Crippen molar-refractivity contribution in [2.45, 2.75) is 39.4 Å². The fourth-order valence-corrected chi connectivity index (χ4v) is 5.96. The van der Waals surface area contributed by atoms with Crippen LogP contribution in [0.15, 0.2) is 21.3 Å². The maximum atomic E-state index is 11.8. The number of hydrogen-bond donors (Lipinski definition) is 0. The van der Waals surface area contributed by atoms with Crippen molar-refractivity contribution < 1.29 is 12.9 Å². The van der Waals surface area contributed by atoms with Gasteiger partial charge in [-0.05, 0) is 38.8 Å². The van der Waals surface area contributed by atoms with Crippen molar-refractivity contribution in [3.8, 4) is 11.4 Å². The van der Waals surface area contributed by atoms with Crippen molar-refractivity contribution in [1.82, 2.24) is 24.8 Å². The Labute approximate surface area is 168 Å². The highest BCUT2D eigenvalue weighted by Crippen LogP contribution is 2.27. The Morgan fingerprint density at radius 1 is 1.36 bits per heavy atom. The first-order valence-corrected chi connectivity index (χ1v) is 11.9. The van der Waals surface area contributed by atoms with Gasteiger partial charge in [0.1, 0.15) is 0 Å². The number of hydrogen-bond acceptors (Lipinski definition) is 8. The highest BCUT2D eigenvalue weighted by Gasteiger charge is 2.31. The molecule has 28 heavy (non-hydrogen) atoms. The lowest BCUT2D eigenvalue weighted by Gasteiger charge is -2.15. The minimum absolute atomic E-state index is 0.0631. The maximum Gasteiger partial charge on any atom is 0.241 e. The SMILES string of the molecule is Cc1nn([C@H]2CCS(=O)(=O)C2)c(C)c1CN(C)Cc1nc(-c2ccsc2)no1. The topological polar surface area (TPSA) is 94.1 Å².